The van der Waals surface area contributed by atoms with Gasteiger partial charge in [-0.3, -0.25) is 9.79 Å². The number of amides is 1. The number of benzene rings is 3. The molecule has 3 heteroatoms. The van der Waals surface area contributed by atoms with Gasteiger partial charge in [-0.2, -0.15) is 0 Å². The largest absolute Gasteiger partial charge is 0.341 e. The molecule has 0 unspecified atom stereocenters. The number of aliphatic imine (C=N–C) groups is 1. The number of rotatable bonds is 8. The minimum absolute atomic E-state index is 0.0724. The summed E-state index contributed by atoms with van der Waals surface area (Å²) in [5.41, 5.74) is 4.00. The Balaban J connectivity index is 2.07. The van der Waals surface area contributed by atoms with Crippen molar-refractivity contribution in [1.29, 1.82) is 0 Å². The van der Waals surface area contributed by atoms with Crippen molar-refractivity contribution in [2.75, 3.05) is 13.1 Å². The third-order valence-electron chi connectivity index (χ3n) is 5.01. The molecule has 0 spiro atoms. The number of likely N-dealkylation sites (N-methyl/N-ethyl adjacent to an activating group) is 1. The van der Waals surface area contributed by atoms with Crippen LogP contribution in [0.2, 0.25) is 0 Å². The molecule has 0 aliphatic rings. The second-order valence-electron chi connectivity index (χ2n) is 6.93. The second-order valence-corrected chi connectivity index (χ2v) is 6.93. The van der Waals surface area contributed by atoms with E-state index in [-0.39, 0.29) is 5.91 Å². The van der Waals surface area contributed by atoms with Gasteiger partial charge in [-0.1, -0.05) is 91.0 Å². The Kier molecular flexibility index (Phi) is 7.34. The minimum Gasteiger partial charge on any atom is -0.341 e. The van der Waals surface area contributed by atoms with E-state index in [4.69, 9.17) is 4.99 Å². The van der Waals surface area contributed by atoms with Crippen molar-refractivity contribution in [2.45, 2.75) is 26.3 Å². The SMILES string of the molecule is CCN(CC)C(=O)[C@H](Cc1ccccc1)N=C(c1ccccc1)c1ccccc1. The van der Waals surface area contributed by atoms with E-state index in [1.807, 2.05) is 97.6 Å². The predicted molar refractivity (Wildman–Crippen MR) is 120 cm³/mol. The fraction of sp³-hybridized carbons (Fsp3) is 0.231. The quantitative estimate of drug-likeness (QED) is 0.503. The number of carbonyl (C=O) groups excluding carboxylic acids is 1. The number of nitrogens with zero attached hydrogens (tertiary/aromatic N) is 2. The van der Waals surface area contributed by atoms with Crippen LogP contribution in [-0.2, 0) is 11.2 Å². The average Bonchev–Trinajstić information content (AvgIpc) is 2.79. The highest BCUT2D eigenvalue weighted by Crippen LogP contribution is 2.16. The van der Waals surface area contributed by atoms with Crippen LogP contribution < -0.4 is 0 Å². The van der Waals surface area contributed by atoms with Crippen LogP contribution in [-0.4, -0.2) is 35.7 Å². The molecule has 148 valence electrons. The molecule has 0 N–H and O–H groups in total. The van der Waals surface area contributed by atoms with E-state index in [0.717, 1.165) is 22.4 Å². The molecule has 1 atom stereocenters. The van der Waals surface area contributed by atoms with Crippen molar-refractivity contribution in [2.24, 2.45) is 4.99 Å². The predicted octanol–water partition coefficient (Wildman–Crippen LogP) is 5.00. The first-order valence-corrected chi connectivity index (χ1v) is 10.2. The Hall–Kier alpha value is -3.20. The van der Waals surface area contributed by atoms with Gasteiger partial charge in [0.1, 0.15) is 6.04 Å². The maximum absolute atomic E-state index is 13.3. The normalized spacial score (nSPS) is 11.5. The smallest absolute Gasteiger partial charge is 0.247 e. The van der Waals surface area contributed by atoms with Crippen LogP contribution in [0.15, 0.2) is 96.0 Å². The highest BCUT2D eigenvalue weighted by molar-refractivity contribution is 6.13. The molecule has 0 aliphatic carbocycles. The molecule has 3 aromatic carbocycles. The molecule has 0 radical (unpaired) electrons. The molecule has 0 fully saturated rings. The molecule has 0 saturated carbocycles. The van der Waals surface area contributed by atoms with E-state index >= 15 is 0 Å². The molecular formula is C26H28N2O. The van der Waals surface area contributed by atoms with Gasteiger partial charge in [-0.05, 0) is 19.4 Å². The van der Waals surface area contributed by atoms with E-state index in [9.17, 15) is 4.79 Å². The molecule has 3 rings (SSSR count). The molecule has 0 aliphatic heterocycles. The van der Waals surface area contributed by atoms with E-state index in [1.165, 1.54) is 0 Å². The second kappa shape index (κ2) is 10.4. The molecule has 0 heterocycles. The highest BCUT2D eigenvalue weighted by atomic mass is 16.2. The molecule has 3 nitrogen and oxygen atoms in total. The van der Waals surface area contributed by atoms with Crippen LogP contribution >= 0.6 is 0 Å². The van der Waals surface area contributed by atoms with E-state index in [2.05, 4.69) is 12.1 Å². The minimum atomic E-state index is -0.465. The van der Waals surface area contributed by atoms with Crippen LogP contribution in [0.1, 0.15) is 30.5 Å². The summed E-state index contributed by atoms with van der Waals surface area (Å²) in [5.74, 6) is 0.0724. The molecule has 29 heavy (non-hydrogen) atoms. The fourth-order valence-electron chi connectivity index (χ4n) is 3.44. The van der Waals surface area contributed by atoms with Crippen LogP contribution in [0.25, 0.3) is 0 Å². The molecule has 0 aromatic heterocycles. The zero-order valence-electron chi connectivity index (χ0n) is 17.2. The Morgan fingerprint density at radius 1 is 0.759 bits per heavy atom. The van der Waals surface area contributed by atoms with Crippen molar-refractivity contribution in [3.63, 3.8) is 0 Å². The first-order chi connectivity index (χ1) is 14.2. The zero-order valence-corrected chi connectivity index (χ0v) is 17.2. The lowest BCUT2D eigenvalue weighted by Gasteiger charge is -2.24. The molecule has 0 saturated heterocycles. The van der Waals surface area contributed by atoms with Crippen molar-refractivity contribution in [3.05, 3.63) is 108 Å². The third-order valence-corrected chi connectivity index (χ3v) is 5.01. The highest BCUT2D eigenvalue weighted by Gasteiger charge is 2.24. The van der Waals surface area contributed by atoms with Crippen LogP contribution in [0, 0.1) is 0 Å². The zero-order chi connectivity index (χ0) is 20.5. The van der Waals surface area contributed by atoms with E-state index in [1.54, 1.807) is 0 Å². The maximum atomic E-state index is 13.3. The summed E-state index contributed by atoms with van der Waals surface area (Å²) >= 11 is 0. The molecule has 3 aromatic rings. The molecular weight excluding hydrogens is 356 g/mol. The van der Waals surface area contributed by atoms with Gasteiger partial charge in [0.2, 0.25) is 5.91 Å². The van der Waals surface area contributed by atoms with E-state index < -0.39 is 6.04 Å². The third kappa shape index (κ3) is 5.41. The lowest BCUT2D eigenvalue weighted by atomic mass is 10.00. The molecule has 1 amide bonds. The van der Waals surface area contributed by atoms with Crippen LogP contribution in [0.5, 0.6) is 0 Å². The summed E-state index contributed by atoms with van der Waals surface area (Å²) in [6, 6.07) is 29.9. The van der Waals surface area contributed by atoms with Crippen molar-refractivity contribution in [1.82, 2.24) is 4.90 Å². The molecule has 0 bridgehead atoms. The van der Waals surface area contributed by atoms with Crippen molar-refractivity contribution in [3.8, 4) is 0 Å². The van der Waals surface area contributed by atoms with Crippen molar-refractivity contribution >= 4 is 11.6 Å². The van der Waals surface area contributed by atoms with Gasteiger partial charge in [0.25, 0.3) is 0 Å². The number of hydrogen-bond acceptors (Lipinski definition) is 2. The Morgan fingerprint density at radius 2 is 1.21 bits per heavy atom. The maximum Gasteiger partial charge on any atom is 0.247 e. The lowest BCUT2D eigenvalue weighted by molar-refractivity contribution is -0.132. The van der Waals surface area contributed by atoms with Crippen LogP contribution in [0.4, 0.5) is 0 Å². The summed E-state index contributed by atoms with van der Waals surface area (Å²) in [5, 5.41) is 0. The van der Waals surface area contributed by atoms with Gasteiger partial charge in [-0.25, -0.2) is 0 Å². The average molecular weight is 385 g/mol. The van der Waals surface area contributed by atoms with Gasteiger partial charge in [-0.15, -0.1) is 0 Å². The summed E-state index contributed by atoms with van der Waals surface area (Å²) in [6.07, 6.45) is 0.583. The Labute approximate surface area is 173 Å². The summed E-state index contributed by atoms with van der Waals surface area (Å²) in [4.78, 5) is 20.2. The van der Waals surface area contributed by atoms with Gasteiger partial charge in [0.05, 0.1) is 5.71 Å². The van der Waals surface area contributed by atoms with E-state index in [0.29, 0.717) is 19.5 Å². The standard InChI is InChI=1S/C26H28N2O/c1-3-28(4-2)26(29)24(20-21-14-8-5-9-15-21)27-25(22-16-10-6-11-17-22)23-18-12-7-13-19-23/h5-19,24H,3-4,20H2,1-2H3/t24-/m0/s1. The number of hydrogen-bond donors (Lipinski definition) is 0. The van der Waals surface area contributed by atoms with Gasteiger partial charge < -0.3 is 4.90 Å². The van der Waals surface area contributed by atoms with Gasteiger partial charge in [0, 0.05) is 30.6 Å². The first kappa shape index (κ1) is 20.5. The first-order valence-electron chi connectivity index (χ1n) is 10.2. The fourth-order valence-corrected chi connectivity index (χ4v) is 3.44. The Morgan fingerprint density at radius 3 is 1.66 bits per heavy atom. The van der Waals surface area contributed by atoms with Gasteiger partial charge >= 0.3 is 0 Å². The van der Waals surface area contributed by atoms with Crippen molar-refractivity contribution < 1.29 is 4.79 Å². The summed E-state index contributed by atoms with van der Waals surface area (Å²) < 4.78 is 0. The summed E-state index contributed by atoms with van der Waals surface area (Å²) in [6.45, 7) is 5.39. The van der Waals surface area contributed by atoms with Gasteiger partial charge in [0.15, 0.2) is 0 Å². The monoisotopic (exact) mass is 384 g/mol. The lowest BCUT2D eigenvalue weighted by Crippen LogP contribution is -2.39. The summed E-state index contributed by atoms with van der Waals surface area (Å²) in [7, 11) is 0. The number of carbonyl (C=O) groups is 1. The topological polar surface area (TPSA) is 32.7 Å². The van der Waals surface area contributed by atoms with Crippen LogP contribution in [0.3, 0.4) is 0 Å². The Bertz CT molecular complexity index is 875.